The van der Waals surface area contributed by atoms with Crippen molar-refractivity contribution in [2.45, 2.75) is 32.0 Å². The number of amides is 1. The smallest absolute Gasteiger partial charge is 0.248 e. The number of rotatable bonds is 6. The molecule has 1 saturated heterocycles. The SMILES string of the molecule is CC[C@@H]1C(=O)N(Cc2ccccc2OC)[C@H](c2ccccc2)[C@H]1[N+](=O)[O-]. The van der Waals surface area contributed by atoms with E-state index in [9.17, 15) is 14.9 Å². The Kier molecular flexibility index (Phi) is 5.21. The van der Waals surface area contributed by atoms with Gasteiger partial charge in [-0.25, -0.2) is 0 Å². The van der Waals surface area contributed by atoms with Crippen molar-refractivity contribution >= 4 is 5.91 Å². The van der Waals surface area contributed by atoms with Crippen molar-refractivity contribution in [1.82, 2.24) is 4.90 Å². The summed E-state index contributed by atoms with van der Waals surface area (Å²) < 4.78 is 5.39. The topological polar surface area (TPSA) is 72.7 Å². The summed E-state index contributed by atoms with van der Waals surface area (Å²) in [4.78, 5) is 26.2. The van der Waals surface area contributed by atoms with E-state index in [1.165, 1.54) is 0 Å². The normalized spacial score (nSPS) is 22.5. The number of hydrogen-bond donors (Lipinski definition) is 0. The van der Waals surface area contributed by atoms with Crippen LogP contribution < -0.4 is 4.74 Å². The molecule has 0 bridgehead atoms. The number of nitrogens with zero attached hydrogens (tertiary/aromatic N) is 2. The molecule has 0 radical (unpaired) electrons. The van der Waals surface area contributed by atoms with Gasteiger partial charge in [0.2, 0.25) is 11.9 Å². The van der Waals surface area contributed by atoms with Gasteiger partial charge in [-0.2, -0.15) is 0 Å². The molecule has 1 fully saturated rings. The molecule has 6 nitrogen and oxygen atoms in total. The van der Waals surface area contributed by atoms with Crippen LogP contribution >= 0.6 is 0 Å². The molecule has 2 aromatic carbocycles. The average Bonchev–Trinajstić information content (AvgIpc) is 2.95. The molecule has 0 unspecified atom stereocenters. The van der Waals surface area contributed by atoms with E-state index in [0.29, 0.717) is 12.2 Å². The third-order valence-electron chi connectivity index (χ3n) is 5.03. The van der Waals surface area contributed by atoms with Gasteiger partial charge >= 0.3 is 0 Å². The van der Waals surface area contributed by atoms with Gasteiger partial charge in [0.25, 0.3) is 0 Å². The fourth-order valence-corrected chi connectivity index (χ4v) is 3.80. The second-order valence-corrected chi connectivity index (χ2v) is 6.42. The number of nitro groups is 1. The van der Waals surface area contributed by atoms with Gasteiger partial charge in [0.15, 0.2) is 0 Å². The summed E-state index contributed by atoms with van der Waals surface area (Å²) in [6.45, 7) is 2.11. The Morgan fingerprint density at radius 2 is 1.77 bits per heavy atom. The van der Waals surface area contributed by atoms with E-state index in [1.54, 1.807) is 12.0 Å². The lowest BCUT2D eigenvalue weighted by Gasteiger charge is -2.26. The fraction of sp³-hybridized carbons (Fsp3) is 0.350. The highest BCUT2D eigenvalue weighted by molar-refractivity contribution is 5.83. The Bertz CT molecular complexity index is 793. The van der Waals surface area contributed by atoms with Crippen LogP contribution in [-0.2, 0) is 11.3 Å². The number of ether oxygens (including phenoxy) is 1. The van der Waals surface area contributed by atoms with E-state index in [-0.39, 0.29) is 17.4 Å². The highest BCUT2D eigenvalue weighted by atomic mass is 16.6. The minimum atomic E-state index is -0.954. The Balaban J connectivity index is 2.05. The van der Waals surface area contributed by atoms with Crippen LogP contribution in [0.25, 0.3) is 0 Å². The van der Waals surface area contributed by atoms with Gasteiger partial charge in [-0.15, -0.1) is 0 Å². The first kappa shape index (κ1) is 17.9. The van der Waals surface area contributed by atoms with E-state index in [2.05, 4.69) is 0 Å². The van der Waals surface area contributed by atoms with E-state index in [4.69, 9.17) is 4.74 Å². The minimum absolute atomic E-state index is 0.172. The minimum Gasteiger partial charge on any atom is -0.496 e. The summed E-state index contributed by atoms with van der Waals surface area (Å²) in [5.74, 6) is -0.122. The maximum Gasteiger partial charge on any atom is 0.248 e. The maximum absolute atomic E-state index is 13.0. The van der Waals surface area contributed by atoms with E-state index < -0.39 is 18.0 Å². The fourth-order valence-electron chi connectivity index (χ4n) is 3.80. The van der Waals surface area contributed by atoms with Crippen LogP contribution in [0, 0.1) is 16.0 Å². The lowest BCUT2D eigenvalue weighted by Crippen LogP contribution is -2.33. The molecule has 1 amide bonds. The molecular formula is C20H22N2O4. The van der Waals surface area contributed by atoms with Gasteiger partial charge in [-0.05, 0) is 18.1 Å². The van der Waals surface area contributed by atoms with Crippen LogP contribution in [0.2, 0.25) is 0 Å². The van der Waals surface area contributed by atoms with Crippen molar-refractivity contribution in [2.75, 3.05) is 7.11 Å². The Morgan fingerprint density at radius 3 is 2.38 bits per heavy atom. The first-order valence-corrected chi connectivity index (χ1v) is 8.69. The molecule has 0 aliphatic carbocycles. The van der Waals surface area contributed by atoms with Gasteiger partial charge in [0.05, 0.1) is 13.7 Å². The molecule has 3 atom stereocenters. The van der Waals surface area contributed by atoms with Crippen LogP contribution in [0.4, 0.5) is 0 Å². The van der Waals surface area contributed by atoms with E-state index >= 15 is 0 Å². The summed E-state index contributed by atoms with van der Waals surface area (Å²) in [7, 11) is 1.58. The summed E-state index contributed by atoms with van der Waals surface area (Å²) in [6.07, 6.45) is 0.441. The molecule has 3 rings (SSSR count). The molecular weight excluding hydrogens is 332 g/mol. The van der Waals surface area contributed by atoms with Gasteiger partial charge < -0.3 is 9.64 Å². The predicted molar refractivity (Wildman–Crippen MR) is 97.3 cm³/mol. The number of carbonyl (C=O) groups is 1. The summed E-state index contributed by atoms with van der Waals surface area (Å²) in [6, 6.07) is 15.2. The zero-order valence-electron chi connectivity index (χ0n) is 14.9. The quantitative estimate of drug-likeness (QED) is 0.588. The van der Waals surface area contributed by atoms with Gasteiger partial charge in [-0.3, -0.25) is 14.9 Å². The summed E-state index contributed by atoms with van der Waals surface area (Å²) in [5.41, 5.74) is 1.62. The molecule has 136 valence electrons. The van der Waals surface area contributed by atoms with Crippen LogP contribution in [0.15, 0.2) is 54.6 Å². The molecule has 6 heteroatoms. The van der Waals surface area contributed by atoms with Gasteiger partial charge in [-0.1, -0.05) is 55.5 Å². The van der Waals surface area contributed by atoms with Crippen molar-refractivity contribution in [1.29, 1.82) is 0 Å². The van der Waals surface area contributed by atoms with Crippen molar-refractivity contribution in [3.05, 3.63) is 75.8 Å². The monoisotopic (exact) mass is 354 g/mol. The van der Waals surface area contributed by atoms with Crippen molar-refractivity contribution in [2.24, 2.45) is 5.92 Å². The van der Waals surface area contributed by atoms with Crippen LogP contribution in [0.3, 0.4) is 0 Å². The van der Waals surface area contributed by atoms with Crippen LogP contribution in [0.1, 0.15) is 30.5 Å². The molecule has 0 spiro atoms. The third kappa shape index (κ3) is 3.14. The zero-order valence-corrected chi connectivity index (χ0v) is 14.9. The van der Waals surface area contributed by atoms with E-state index in [1.807, 2.05) is 61.5 Å². The molecule has 26 heavy (non-hydrogen) atoms. The molecule has 0 N–H and O–H groups in total. The van der Waals surface area contributed by atoms with Crippen LogP contribution in [0.5, 0.6) is 5.75 Å². The Morgan fingerprint density at radius 1 is 1.12 bits per heavy atom. The number of hydrogen-bond acceptors (Lipinski definition) is 4. The number of benzene rings is 2. The standard InChI is InChI=1S/C20H22N2O4/c1-3-16-19(22(24)25)18(14-9-5-4-6-10-14)21(20(16)23)13-15-11-7-8-12-17(15)26-2/h4-12,16,18-19H,3,13H2,1-2H3/t16-,18+,19-/m0/s1. The number of carbonyl (C=O) groups excluding carboxylic acids is 1. The van der Waals surface area contributed by atoms with Crippen molar-refractivity contribution in [3.63, 3.8) is 0 Å². The maximum atomic E-state index is 13.0. The second kappa shape index (κ2) is 7.56. The lowest BCUT2D eigenvalue weighted by molar-refractivity contribution is -0.533. The molecule has 0 saturated carbocycles. The number of likely N-dealkylation sites (tertiary alicyclic amines) is 1. The predicted octanol–water partition coefficient (Wildman–Crippen LogP) is 3.45. The molecule has 1 aliphatic heterocycles. The highest BCUT2D eigenvalue weighted by Gasteiger charge is 2.54. The first-order chi connectivity index (χ1) is 12.6. The number of methoxy groups -OCH3 is 1. The third-order valence-corrected chi connectivity index (χ3v) is 5.03. The second-order valence-electron chi connectivity index (χ2n) is 6.42. The molecule has 1 heterocycles. The summed E-state index contributed by atoms with van der Waals surface area (Å²) in [5, 5.41) is 11.8. The highest BCUT2D eigenvalue weighted by Crippen LogP contribution is 2.41. The number of para-hydroxylation sites is 1. The van der Waals surface area contributed by atoms with Gasteiger partial charge in [0, 0.05) is 10.5 Å². The van der Waals surface area contributed by atoms with E-state index in [0.717, 1.165) is 11.1 Å². The zero-order chi connectivity index (χ0) is 18.7. The van der Waals surface area contributed by atoms with Crippen LogP contribution in [-0.4, -0.2) is 28.9 Å². The summed E-state index contributed by atoms with van der Waals surface area (Å²) >= 11 is 0. The molecule has 2 aromatic rings. The van der Waals surface area contributed by atoms with Crippen molar-refractivity contribution in [3.8, 4) is 5.75 Å². The Labute approximate surface area is 152 Å². The first-order valence-electron chi connectivity index (χ1n) is 8.69. The average molecular weight is 354 g/mol. The molecule has 1 aliphatic rings. The van der Waals surface area contributed by atoms with Gasteiger partial charge in [0.1, 0.15) is 17.7 Å². The largest absolute Gasteiger partial charge is 0.496 e. The Hall–Kier alpha value is -2.89. The lowest BCUT2D eigenvalue weighted by atomic mass is 9.92. The molecule has 0 aromatic heterocycles. The van der Waals surface area contributed by atoms with Crippen molar-refractivity contribution < 1.29 is 14.5 Å².